The van der Waals surface area contributed by atoms with Crippen LogP contribution in [0.15, 0.2) is 268 Å². The van der Waals surface area contributed by atoms with Crippen molar-refractivity contribution in [2.24, 2.45) is 40.7 Å². The molecule has 582 valence electrons. The van der Waals surface area contributed by atoms with Gasteiger partial charge in [-0.3, -0.25) is 22.0 Å². The molecule has 5 aromatic carbocycles. The molecule has 20 rings (SSSR count). The van der Waals surface area contributed by atoms with Crippen LogP contribution in [0.1, 0.15) is 102 Å². The molecule has 0 amide bonds. The van der Waals surface area contributed by atoms with E-state index < -0.39 is 0 Å². The lowest BCUT2D eigenvalue weighted by Gasteiger charge is -2.18. The first-order chi connectivity index (χ1) is 56.2. The number of pyridine rings is 10. The summed E-state index contributed by atoms with van der Waals surface area (Å²) < 4.78 is 21.7. The minimum atomic E-state index is 0.276. The van der Waals surface area contributed by atoms with E-state index in [-0.39, 0.29) is 5.41 Å². The van der Waals surface area contributed by atoms with Crippen molar-refractivity contribution in [2.45, 2.75) is 109 Å². The van der Waals surface area contributed by atoms with Crippen LogP contribution >= 0.6 is 0 Å². The number of aromatic nitrogens is 15. The molecule has 0 spiro atoms. The van der Waals surface area contributed by atoms with Gasteiger partial charge in [0, 0.05) is 90.6 Å². The highest BCUT2D eigenvalue weighted by atomic mass is 15.0. The molecule has 15 nitrogen and oxygen atoms in total. The lowest BCUT2D eigenvalue weighted by atomic mass is 9.88. The van der Waals surface area contributed by atoms with Crippen LogP contribution in [-0.4, -0.2) is 46.9 Å². The SMILES string of the molecule is Cc1cc(-c2cc3c(cc2C)nc2ccccn23)[n+](C)cc1C.Cc1cc2nc3ccccn3c2cc1-c1cc(C(C)C)cc[n+]1C.Cc1cc2nc3ccccn3c2cc1-c1cc(CC(C)(C)C)cc[n+]1C.Cc1cc[n+](C)c(-c2cc3c(cc2C)nc2ccccn23)c1.Cc1ccc(-c2cc3c(cc2C)nc2ccccn23)[n+](C)c1. The van der Waals surface area contributed by atoms with Gasteiger partial charge in [0.2, 0.25) is 28.5 Å². The summed E-state index contributed by atoms with van der Waals surface area (Å²) in [6.45, 7) is 30.7. The number of rotatable bonds is 7. The lowest BCUT2D eigenvalue weighted by molar-refractivity contribution is -0.660. The van der Waals surface area contributed by atoms with E-state index in [2.05, 4.69) is 366 Å². The average Bonchev–Trinajstić information content (AvgIpc) is 1.67. The highest BCUT2D eigenvalue weighted by molar-refractivity contribution is 5.91. The Kier molecular flexibility index (Phi) is 20.8. The third kappa shape index (κ3) is 15.5. The van der Waals surface area contributed by atoms with Crippen molar-refractivity contribution in [1.29, 1.82) is 0 Å². The molecular formula is C102H104N15+5. The smallest absolute Gasteiger partial charge is 0.212 e. The summed E-state index contributed by atoms with van der Waals surface area (Å²) in [6.07, 6.45) is 22.2. The number of imidazole rings is 5. The highest BCUT2D eigenvalue weighted by Crippen LogP contribution is 2.35. The van der Waals surface area contributed by atoms with Crippen molar-refractivity contribution in [2.75, 3.05) is 0 Å². The van der Waals surface area contributed by atoms with Crippen LogP contribution in [0.5, 0.6) is 0 Å². The van der Waals surface area contributed by atoms with Crippen LogP contribution in [0, 0.1) is 67.7 Å². The molecule has 15 aromatic heterocycles. The Morgan fingerprint density at radius 2 is 0.615 bits per heavy atom. The van der Waals surface area contributed by atoms with Gasteiger partial charge in [-0.15, -0.1) is 0 Å². The van der Waals surface area contributed by atoms with Crippen LogP contribution in [0.25, 0.3) is 140 Å². The van der Waals surface area contributed by atoms with Crippen molar-refractivity contribution in [1.82, 2.24) is 46.9 Å². The molecule has 15 heteroatoms. The Labute approximate surface area is 684 Å². The standard InChI is InChI=1S/C23H26N3.C21H22N3.C20H20N3.2C19H18N3/c1-16-12-19-21(26-10-7-6-8-22(26)24-19)14-18(16)20-13-17(9-11-25(20)5)15-23(2,3)4;1-14(2)16-8-10-23(4)19(12-16)17-13-20-18(11-15(17)3)22-21-7-5-6-9-24(20)21;1-13-10-18(22(4)12-15(13)3)16-11-19-17(9-14(16)2)21-20-7-5-6-8-23(19)20;1-13-7-8-17(21(3)12-13)15-11-18-16(10-14(15)2)20-19-6-4-5-9-22(18)19;1-13-7-9-21(3)17(10-13)15-12-18-16(11-14(15)2)20-19-6-4-5-8-22(18)19/h6-14H,15H2,1-5H3;5-14H,1-4H3;5-12H,1-4H3;2*4-12H,1-3H3/q5*+1. The van der Waals surface area contributed by atoms with E-state index in [1.807, 2.05) is 78.9 Å². The molecule has 0 radical (unpaired) electrons. The summed E-state index contributed by atoms with van der Waals surface area (Å²) in [5.74, 6) is 0.518. The lowest BCUT2D eigenvalue weighted by Crippen LogP contribution is -2.31. The molecule has 20 aromatic rings. The normalized spacial score (nSPS) is 11.7. The summed E-state index contributed by atoms with van der Waals surface area (Å²) in [6, 6.07) is 72.9. The maximum absolute atomic E-state index is 4.76. The molecule has 0 saturated heterocycles. The van der Waals surface area contributed by atoms with Gasteiger partial charge >= 0.3 is 0 Å². The van der Waals surface area contributed by atoms with Crippen LogP contribution in [0.2, 0.25) is 0 Å². The monoisotopic (exact) mass is 1540 g/mol. The number of nitrogens with zero attached hydrogens (tertiary/aromatic N) is 15. The summed E-state index contributed by atoms with van der Waals surface area (Å²) in [4.78, 5) is 23.6. The van der Waals surface area contributed by atoms with E-state index in [9.17, 15) is 0 Å². The molecule has 0 N–H and O–H groups in total. The molecule has 117 heavy (non-hydrogen) atoms. The largest absolute Gasteiger partial charge is 0.300 e. The number of benzene rings is 5. The summed E-state index contributed by atoms with van der Waals surface area (Å²) in [5.41, 5.74) is 42.8. The minimum absolute atomic E-state index is 0.276. The van der Waals surface area contributed by atoms with Crippen molar-refractivity contribution in [3.63, 3.8) is 0 Å². The van der Waals surface area contributed by atoms with E-state index >= 15 is 0 Å². The van der Waals surface area contributed by atoms with E-state index in [0.717, 1.165) is 89.8 Å². The quantitative estimate of drug-likeness (QED) is 0.148. The average molecular weight is 1540 g/mol. The third-order valence-electron chi connectivity index (χ3n) is 22.8. The highest BCUT2D eigenvalue weighted by Gasteiger charge is 2.24. The molecular weight excluding hydrogens is 1440 g/mol. The topological polar surface area (TPSA) is 106 Å². The van der Waals surface area contributed by atoms with Gasteiger partial charge < -0.3 is 0 Å². The van der Waals surface area contributed by atoms with Gasteiger partial charge in [-0.1, -0.05) is 65.0 Å². The molecule has 0 saturated carbocycles. The van der Waals surface area contributed by atoms with Crippen molar-refractivity contribution in [3.05, 3.63) is 329 Å². The predicted molar refractivity (Wildman–Crippen MR) is 476 cm³/mol. The van der Waals surface area contributed by atoms with Gasteiger partial charge in [0.15, 0.2) is 31.0 Å². The maximum Gasteiger partial charge on any atom is 0.212 e. The molecule has 0 aliphatic rings. The van der Waals surface area contributed by atoms with Gasteiger partial charge in [-0.25, -0.2) is 47.8 Å². The zero-order valence-corrected chi connectivity index (χ0v) is 70.9. The molecule has 0 fully saturated rings. The maximum atomic E-state index is 4.76. The Hall–Kier alpha value is -13.4. The fourth-order valence-corrected chi connectivity index (χ4v) is 16.4. The summed E-state index contributed by atoms with van der Waals surface area (Å²) >= 11 is 0. The van der Waals surface area contributed by atoms with Crippen molar-refractivity contribution < 1.29 is 22.8 Å². The molecule has 0 aliphatic carbocycles. The second kappa shape index (κ2) is 31.4. The van der Waals surface area contributed by atoms with Gasteiger partial charge in [0.1, 0.15) is 63.5 Å². The van der Waals surface area contributed by atoms with Crippen LogP contribution < -0.4 is 22.8 Å². The molecule has 0 unspecified atom stereocenters. The summed E-state index contributed by atoms with van der Waals surface area (Å²) in [5, 5.41) is 0. The Morgan fingerprint density at radius 3 is 0.974 bits per heavy atom. The fourth-order valence-electron chi connectivity index (χ4n) is 16.4. The number of aryl methyl sites for hydroxylation is 14. The van der Waals surface area contributed by atoms with Crippen LogP contribution in [0.4, 0.5) is 0 Å². The molecule has 0 bridgehead atoms. The second-order valence-corrected chi connectivity index (χ2v) is 33.4. The van der Waals surface area contributed by atoms with Gasteiger partial charge in [-0.05, 0) is 258 Å². The Morgan fingerprint density at radius 1 is 0.291 bits per heavy atom. The first kappa shape index (κ1) is 77.5. The van der Waals surface area contributed by atoms with Crippen molar-refractivity contribution >= 4 is 83.4 Å². The second-order valence-electron chi connectivity index (χ2n) is 33.4. The summed E-state index contributed by atoms with van der Waals surface area (Å²) in [7, 11) is 10.5. The van der Waals surface area contributed by atoms with Crippen LogP contribution in [0.3, 0.4) is 0 Å². The Balaban J connectivity index is 0.000000110. The minimum Gasteiger partial charge on any atom is -0.300 e. The number of hydrogen-bond donors (Lipinski definition) is 0. The zero-order chi connectivity index (χ0) is 82.0. The van der Waals surface area contributed by atoms with Gasteiger partial charge in [0.25, 0.3) is 0 Å². The van der Waals surface area contributed by atoms with E-state index in [1.165, 1.54) is 117 Å². The molecule has 15 heterocycles. The van der Waals surface area contributed by atoms with Gasteiger partial charge in [-0.2, -0.15) is 0 Å². The van der Waals surface area contributed by atoms with Crippen LogP contribution in [-0.2, 0) is 41.7 Å². The third-order valence-corrected chi connectivity index (χ3v) is 22.8. The van der Waals surface area contributed by atoms with Gasteiger partial charge in [0.05, 0.1) is 83.0 Å². The van der Waals surface area contributed by atoms with E-state index in [1.54, 1.807) is 0 Å². The molecule has 0 aliphatic heterocycles. The van der Waals surface area contributed by atoms with E-state index in [4.69, 9.17) is 24.9 Å². The number of hydrogen-bond acceptors (Lipinski definition) is 5. The molecule has 0 atom stereocenters. The predicted octanol–water partition coefficient (Wildman–Crippen LogP) is 20.4. The Bertz CT molecular complexity index is 7250. The number of fused-ring (bicyclic) bond motifs is 15. The first-order valence-electron chi connectivity index (χ1n) is 40.4. The first-order valence-corrected chi connectivity index (χ1v) is 40.4. The zero-order valence-electron chi connectivity index (χ0n) is 70.9. The van der Waals surface area contributed by atoms with Crippen molar-refractivity contribution in [3.8, 4) is 56.3 Å². The fraction of sp³-hybridized carbons (Fsp3) is 0.216. The van der Waals surface area contributed by atoms with E-state index in [0.29, 0.717) is 5.92 Å².